The summed E-state index contributed by atoms with van der Waals surface area (Å²) in [7, 11) is 0. The molecule has 4 rings (SSSR count). The van der Waals surface area contributed by atoms with E-state index in [0.29, 0.717) is 0 Å². The topological polar surface area (TPSA) is 42.3 Å². The lowest BCUT2D eigenvalue weighted by molar-refractivity contribution is 0.131. The summed E-state index contributed by atoms with van der Waals surface area (Å²) in [5.41, 5.74) is 3.18. The van der Waals surface area contributed by atoms with Crippen molar-refractivity contribution in [2.45, 2.75) is 20.4 Å². The first-order chi connectivity index (χ1) is 15.2. The predicted molar refractivity (Wildman–Crippen MR) is 130 cm³/mol. The zero-order chi connectivity index (χ0) is 21.6. The van der Waals surface area contributed by atoms with Crippen molar-refractivity contribution >= 4 is 22.7 Å². The van der Waals surface area contributed by atoms with Gasteiger partial charge in [-0.1, -0.05) is 42.5 Å². The Labute approximate surface area is 185 Å². The first kappa shape index (κ1) is 21.2. The molecular weight excluding hydrogens is 384 g/mol. The van der Waals surface area contributed by atoms with Gasteiger partial charge in [-0.05, 0) is 42.3 Å². The van der Waals surface area contributed by atoms with Gasteiger partial charge in [0.15, 0.2) is 0 Å². The molecule has 0 aliphatic carbocycles. The average molecular weight is 417 g/mol. The summed E-state index contributed by atoms with van der Waals surface area (Å²) in [6.45, 7) is 10.8. The highest BCUT2D eigenvalue weighted by molar-refractivity contribution is 5.85. The van der Waals surface area contributed by atoms with Crippen molar-refractivity contribution in [3.8, 4) is 5.75 Å². The number of benzene rings is 3. The molecule has 0 amide bonds. The van der Waals surface area contributed by atoms with Crippen molar-refractivity contribution in [3.63, 3.8) is 0 Å². The Hall–Kier alpha value is -3.05. The fourth-order valence-corrected chi connectivity index (χ4v) is 4.25. The maximum Gasteiger partial charge on any atom is 0.126 e. The number of phenols is 1. The highest BCUT2D eigenvalue weighted by Gasteiger charge is 2.16. The summed E-state index contributed by atoms with van der Waals surface area (Å²) < 4.78 is 0. The molecule has 0 atom stereocenters. The quantitative estimate of drug-likeness (QED) is 0.574. The van der Waals surface area contributed by atoms with E-state index < -0.39 is 0 Å². The van der Waals surface area contributed by atoms with Crippen LogP contribution < -0.4 is 4.90 Å². The molecule has 162 valence electrons. The minimum atomic E-state index is 0.280. The van der Waals surface area contributed by atoms with Gasteiger partial charge in [0.1, 0.15) is 5.75 Å². The van der Waals surface area contributed by atoms with E-state index in [0.717, 1.165) is 57.1 Å². The van der Waals surface area contributed by atoms with Crippen molar-refractivity contribution in [1.82, 2.24) is 9.91 Å². The molecule has 0 bridgehead atoms. The van der Waals surface area contributed by atoms with Gasteiger partial charge in [0.25, 0.3) is 0 Å². The van der Waals surface area contributed by atoms with Crippen molar-refractivity contribution in [1.29, 1.82) is 0 Å². The smallest absolute Gasteiger partial charge is 0.126 e. The maximum atomic E-state index is 10.4. The lowest BCUT2D eigenvalue weighted by Gasteiger charge is -2.33. The van der Waals surface area contributed by atoms with Crippen LogP contribution in [-0.4, -0.2) is 60.5 Å². The van der Waals surface area contributed by atoms with Crippen LogP contribution in [0.25, 0.3) is 10.8 Å². The number of hydrazone groups is 1. The first-order valence-corrected chi connectivity index (χ1v) is 11.2. The van der Waals surface area contributed by atoms with Crippen LogP contribution >= 0.6 is 0 Å². The Balaban J connectivity index is 1.34. The van der Waals surface area contributed by atoms with Crippen molar-refractivity contribution in [3.05, 3.63) is 71.8 Å². The van der Waals surface area contributed by atoms with Gasteiger partial charge < -0.3 is 10.0 Å². The SMILES string of the molecule is CCN(CC)c1ccc(/C=N\N2CCN(Cc3cccc4ccccc34)CC2)c(O)c1. The molecule has 1 heterocycles. The van der Waals surface area contributed by atoms with Crippen LogP contribution in [0.2, 0.25) is 0 Å². The second-order valence-corrected chi connectivity index (χ2v) is 8.03. The van der Waals surface area contributed by atoms with Gasteiger partial charge >= 0.3 is 0 Å². The highest BCUT2D eigenvalue weighted by Crippen LogP contribution is 2.24. The number of hydrogen-bond acceptors (Lipinski definition) is 5. The third-order valence-corrected chi connectivity index (χ3v) is 6.13. The molecule has 3 aromatic carbocycles. The fraction of sp³-hybridized carbons (Fsp3) is 0.346. The molecule has 0 unspecified atom stereocenters. The Morgan fingerprint density at radius 2 is 1.68 bits per heavy atom. The van der Waals surface area contributed by atoms with Crippen molar-refractivity contribution in [2.75, 3.05) is 44.2 Å². The number of aromatic hydroxyl groups is 1. The Morgan fingerprint density at radius 1 is 0.935 bits per heavy atom. The van der Waals surface area contributed by atoms with Crippen molar-refractivity contribution < 1.29 is 5.11 Å². The fourth-order valence-electron chi connectivity index (χ4n) is 4.25. The number of piperazine rings is 1. The molecule has 3 aromatic rings. The number of hydrogen-bond donors (Lipinski definition) is 1. The maximum absolute atomic E-state index is 10.4. The van der Waals surface area contributed by atoms with Crippen LogP contribution in [0, 0.1) is 0 Å². The monoisotopic (exact) mass is 416 g/mol. The van der Waals surface area contributed by atoms with E-state index in [1.165, 1.54) is 16.3 Å². The van der Waals surface area contributed by atoms with E-state index >= 15 is 0 Å². The van der Waals surface area contributed by atoms with Crippen LogP contribution in [0.15, 0.2) is 65.8 Å². The average Bonchev–Trinajstić information content (AvgIpc) is 2.80. The molecule has 5 nitrogen and oxygen atoms in total. The van der Waals surface area contributed by atoms with E-state index in [1.807, 2.05) is 12.1 Å². The van der Waals surface area contributed by atoms with E-state index in [-0.39, 0.29) is 5.75 Å². The normalized spacial score (nSPS) is 15.1. The third kappa shape index (κ3) is 5.00. The number of nitrogens with zero attached hydrogens (tertiary/aromatic N) is 4. The zero-order valence-corrected chi connectivity index (χ0v) is 18.5. The lowest BCUT2D eigenvalue weighted by atomic mass is 10.0. The van der Waals surface area contributed by atoms with Crippen LogP contribution in [0.4, 0.5) is 5.69 Å². The predicted octanol–water partition coefficient (Wildman–Crippen LogP) is 4.54. The molecule has 0 saturated carbocycles. The first-order valence-electron chi connectivity index (χ1n) is 11.2. The van der Waals surface area contributed by atoms with Gasteiger partial charge in [0, 0.05) is 63.1 Å². The van der Waals surface area contributed by atoms with Gasteiger partial charge in [-0.25, -0.2) is 0 Å². The summed E-state index contributed by atoms with van der Waals surface area (Å²) in [6.07, 6.45) is 1.78. The number of anilines is 1. The summed E-state index contributed by atoms with van der Waals surface area (Å²) in [6, 6.07) is 21.0. The molecule has 0 aromatic heterocycles. The van der Waals surface area contributed by atoms with Gasteiger partial charge in [-0.2, -0.15) is 5.10 Å². The summed E-state index contributed by atoms with van der Waals surface area (Å²) in [5, 5.41) is 19.8. The van der Waals surface area contributed by atoms with E-state index in [2.05, 4.69) is 82.3 Å². The molecule has 1 fully saturated rings. The summed E-state index contributed by atoms with van der Waals surface area (Å²) in [5.74, 6) is 0.280. The number of rotatable bonds is 7. The third-order valence-electron chi connectivity index (χ3n) is 6.13. The second-order valence-electron chi connectivity index (χ2n) is 8.03. The van der Waals surface area contributed by atoms with Crippen molar-refractivity contribution in [2.24, 2.45) is 5.10 Å². The molecule has 0 spiro atoms. The van der Waals surface area contributed by atoms with Crippen LogP contribution in [0.5, 0.6) is 5.75 Å². The van der Waals surface area contributed by atoms with Gasteiger partial charge in [0.2, 0.25) is 0 Å². The minimum absolute atomic E-state index is 0.280. The standard InChI is InChI=1S/C26H32N4O/c1-3-29(4-2)24-13-12-22(26(31)18-24)19-27-30-16-14-28(15-17-30)20-23-10-7-9-21-8-5-6-11-25(21)23/h5-13,18-19,31H,3-4,14-17,20H2,1-2H3/b27-19-. The van der Waals surface area contributed by atoms with Crippen LogP contribution in [-0.2, 0) is 6.54 Å². The molecule has 1 saturated heterocycles. The van der Waals surface area contributed by atoms with E-state index in [1.54, 1.807) is 6.21 Å². The zero-order valence-electron chi connectivity index (χ0n) is 18.5. The van der Waals surface area contributed by atoms with Gasteiger partial charge in [-0.15, -0.1) is 0 Å². The molecule has 1 aliphatic rings. The van der Waals surface area contributed by atoms with E-state index in [9.17, 15) is 5.11 Å². The van der Waals surface area contributed by atoms with Crippen LogP contribution in [0.3, 0.4) is 0 Å². The number of fused-ring (bicyclic) bond motifs is 1. The Bertz CT molecular complexity index is 1030. The summed E-state index contributed by atoms with van der Waals surface area (Å²) in [4.78, 5) is 4.71. The largest absolute Gasteiger partial charge is 0.507 e. The minimum Gasteiger partial charge on any atom is -0.507 e. The second kappa shape index (κ2) is 9.84. The molecule has 5 heteroatoms. The molecular formula is C26H32N4O. The van der Waals surface area contributed by atoms with E-state index in [4.69, 9.17) is 0 Å². The number of phenolic OH excluding ortho intramolecular Hbond substituents is 1. The lowest BCUT2D eigenvalue weighted by Crippen LogP contribution is -2.43. The van der Waals surface area contributed by atoms with Gasteiger partial charge in [-0.3, -0.25) is 9.91 Å². The molecule has 1 aliphatic heterocycles. The Morgan fingerprint density at radius 3 is 2.42 bits per heavy atom. The van der Waals surface area contributed by atoms with Crippen LogP contribution in [0.1, 0.15) is 25.0 Å². The molecule has 1 N–H and O–H groups in total. The molecule has 0 radical (unpaired) electrons. The summed E-state index contributed by atoms with van der Waals surface area (Å²) >= 11 is 0. The highest BCUT2D eigenvalue weighted by atomic mass is 16.3. The Kier molecular flexibility index (Phi) is 6.73. The molecule has 31 heavy (non-hydrogen) atoms. The van der Waals surface area contributed by atoms with Gasteiger partial charge in [0.05, 0.1) is 6.21 Å².